The Morgan fingerprint density at radius 2 is 1.83 bits per heavy atom. The van der Waals surface area contributed by atoms with E-state index in [2.05, 4.69) is 6.92 Å². The van der Waals surface area contributed by atoms with Crippen molar-refractivity contribution in [2.24, 2.45) is 17.3 Å². The normalized spacial score (nSPS) is 36.2. The first-order chi connectivity index (χ1) is 13.9. The van der Waals surface area contributed by atoms with Gasteiger partial charge >= 0.3 is 5.97 Å². The van der Waals surface area contributed by atoms with E-state index in [1.807, 2.05) is 18.2 Å². The fourth-order valence-corrected chi connectivity index (χ4v) is 6.79. The standard InChI is InChI=1S/C25H28O4/c1-25-13-20(14-2-4-15(5-3-14)24(28)29)23-18-9-7-17(26)12-16(18)6-8-19(23)21(25)10-11-22(25)27/h2-5,12,19-22,27H,6-11,13H2,1H3,(H,28,29). The van der Waals surface area contributed by atoms with Crippen LogP contribution in [0.25, 0.3) is 0 Å². The number of carboxylic acids is 1. The number of hydrogen-bond donors (Lipinski definition) is 2. The van der Waals surface area contributed by atoms with Gasteiger partial charge in [0.25, 0.3) is 0 Å². The third kappa shape index (κ3) is 2.83. The first-order valence-electron chi connectivity index (χ1n) is 10.9. The molecule has 5 unspecified atom stereocenters. The largest absolute Gasteiger partial charge is 0.478 e. The van der Waals surface area contributed by atoms with E-state index < -0.39 is 5.97 Å². The lowest BCUT2D eigenvalue weighted by molar-refractivity contribution is -0.114. The van der Waals surface area contributed by atoms with Crippen LogP contribution in [0.5, 0.6) is 0 Å². The monoisotopic (exact) mass is 392 g/mol. The predicted octanol–water partition coefficient (Wildman–Crippen LogP) is 4.65. The summed E-state index contributed by atoms with van der Waals surface area (Å²) in [6, 6.07) is 7.30. The van der Waals surface area contributed by atoms with Gasteiger partial charge in [0.05, 0.1) is 11.7 Å². The smallest absolute Gasteiger partial charge is 0.335 e. The molecule has 2 saturated carbocycles. The van der Waals surface area contributed by atoms with Crippen molar-refractivity contribution < 1.29 is 19.8 Å². The zero-order valence-corrected chi connectivity index (χ0v) is 16.9. The van der Waals surface area contributed by atoms with Crippen molar-refractivity contribution in [3.05, 3.63) is 58.2 Å². The van der Waals surface area contributed by atoms with Gasteiger partial charge in [0.1, 0.15) is 0 Å². The van der Waals surface area contributed by atoms with Gasteiger partial charge in [-0.2, -0.15) is 0 Å². The molecule has 29 heavy (non-hydrogen) atoms. The number of allylic oxidation sites excluding steroid dienone is 4. The lowest BCUT2D eigenvalue weighted by Gasteiger charge is -2.52. The third-order valence-electron chi connectivity index (χ3n) is 8.24. The molecule has 0 saturated heterocycles. The molecule has 2 fully saturated rings. The van der Waals surface area contributed by atoms with Gasteiger partial charge in [-0.05, 0) is 90.7 Å². The van der Waals surface area contributed by atoms with Crippen molar-refractivity contribution in [1.82, 2.24) is 0 Å². The number of ketones is 1. The van der Waals surface area contributed by atoms with Gasteiger partial charge < -0.3 is 10.2 Å². The fraction of sp³-hybridized carbons (Fsp3) is 0.520. The first-order valence-corrected chi connectivity index (χ1v) is 10.9. The minimum absolute atomic E-state index is 0.101. The number of carboxylic acid groups (broad SMARTS) is 1. The van der Waals surface area contributed by atoms with Crippen LogP contribution in [0.4, 0.5) is 0 Å². The second-order valence-corrected chi connectivity index (χ2v) is 9.60. The molecule has 1 aromatic carbocycles. The number of rotatable bonds is 2. The molecule has 1 aromatic rings. The summed E-state index contributed by atoms with van der Waals surface area (Å²) >= 11 is 0. The summed E-state index contributed by atoms with van der Waals surface area (Å²) in [7, 11) is 0. The molecular formula is C25H28O4. The Labute approximate surface area is 171 Å². The number of aliphatic hydroxyl groups excluding tert-OH is 1. The summed E-state index contributed by atoms with van der Waals surface area (Å²) in [6.07, 6.45) is 7.84. The van der Waals surface area contributed by atoms with Crippen LogP contribution >= 0.6 is 0 Å². The van der Waals surface area contributed by atoms with Crippen molar-refractivity contribution in [2.45, 2.75) is 63.9 Å². The predicted molar refractivity (Wildman–Crippen MR) is 110 cm³/mol. The van der Waals surface area contributed by atoms with Gasteiger partial charge in [-0.15, -0.1) is 0 Å². The number of benzene rings is 1. The van der Waals surface area contributed by atoms with Crippen LogP contribution in [0.3, 0.4) is 0 Å². The second kappa shape index (κ2) is 6.66. The van der Waals surface area contributed by atoms with Crippen LogP contribution in [0.1, 0.15) is 73.7 Å². The number of hydrogen-bond acceptors (Lipinski definition) is 3. The van der Waals surface area contributed by atoms with Crippen LogP contribution in [0, 0.1) is 17.3 Å². The van der Waals surface area contributed by atoms with E-state index in [0.29, 0.717) is 23.8 Å². The van der Waals surface area contributed by atoms with Crippen LogP contribution in [0.2, 0.25) is 0 Å². The first kappa shape index (κ1) is 18.8. The Kier molecular flexibility index (Phi) is 4.32. The molecule has 0 heterocycles. The molecule has 5 rings (SSSR count). The maximum atomic E-state index is 12.0. The summed E-state index contributed by atoms with van der Waals surface area (Å²) in [4.78, 5) is 23.3. The average molecular weight is 392 g/mol. The van der Waals surface area contributed by atoms with E-state index >= 15 is 0 Å². The van der Waals surface area contributed by atoms with Gasteiger partial charge in [-0.1, -0.05) is 24.6 Å². The zero-order chi connectivity index (χ0) is 20.3. The maximum Gasteiger partial charge on any atom is 0.335 e. The van der Waals surface area contributed by atoms with E-state index in [9.17, 15) is 19.8 Å². The molecule has 152 valence electrons. The summed E-state index contributed by atoms with van der Waals surface area (Å²) in [5, 5.41) is 20.1. The summed E-state index contributed by atoms with van der Waals surface area (Å²) in [5.41, 5.74) is 5.43. The molecule has 4 heteroatoms. The van der Waals surface area contributed by atoms with E-state index in [0.717, 1.165) is 44.1 Å². The maximum absolute atomic E-state index is 12.0. The quantitative estimate of drug-likeness (QED) is 0.769. The number of carbonyl (C=O) groups excluding carboxylic acids is 1. The molecular weight excluding hydrogens is 364 g/mol. The van der Waals surface area contributed by atoms with Crippen molar-refractivity contribution in [3.63, 3.8) is 0 Å². The molecule has 0 aliphatic heterocycles. The second-order valence-electron chi connectivity index (χ2n) is 9.60. The Balaban J connectivity index is 1.65. The highest BCUT2D eigenvalue weighted by atomic mass is 16.4. The lowest BCUT2D eigenvalue weighted by Crippen LogP contribution is -2.45. The number of aliphatic hydroxyl groups is 1. The molecule has 0 bridgehead atoms. The molecule has 2 N–H and O–H groups in total. The van der Waals surface area contributed by atoms with Crippen LogP contribution < -0.4 is 0 Å². The van der Waals surface area contributed by atoms with Gasteiger partial charge in [0, 0.05) is 12.3 Å². The molecule has 0 aromatic heterocycles. The molecule has 5 atom stereocenters. The van der Waals surface area contributed by atoms with Crippen molar-refractivity contribution in [2.75, 3.05) is 0 Å². The highest BCUT2D eigenvalue weighted by molar-refractivity contribution is 5.93. The number of aromatic carboxylic acids is 1. The Bertz CT molecular complexity index is 938. The van der Waals surface area contributed by atoms with Gasteiger partial charge in [-0.25, -0.2) is 4.79 Å². The minimum Gasteiger partial charge on any atom is -0.478 e. The Morgan fingerprint density at radius 3 is 2.55 bits per heavy atom. The summed E-state index contributed by atoms with van der Waals surface area (Å²) < 4.78 is 0. The van der Waals surface area contributed by atoms with Crippen LogP contribution in [-0.2, 0) is 4.79 Å². The molecule has 0 spiro atoms. The Hall–Kier alpha value is -2.20. The lowest BCUT2D eigenvalue weighted by atomic mass is 9.53. The zero-order valence-electron chi connectivity index (χ0n) is 16.9. The van der Waals surface area contributed by atoms with Crippen LogP contribution in [-0.4, -0.2) is 28.1 Å². The van der Waals surface area contributed by atoms with E-state index in [1.165, 1.54) is 16.7 Å². The molecule has 0 radical (unpaired) electrons. The molecule has 4 aliphatic rings. The van der Waals surface area contributed by atoms with E-state index in [-0.39, 0.29) is 23.2 Å². The number of carbonyl (C=O) groups is 2. The molecule has 4 nitrogen and oxygen atoms in total. The molecule has 0 amide bonds. The minimum atomic E-state index is -0.910. The third-order valence-corrected chi connectivity index (χ3v) is 8.24. The van der Waals surface area contributed by atoms with Gasteiger partial charge in [0.2, 0.25) is 0 Å². The van der Waals surface area contributed by atoms with E-state index in [1.54, 1.807) is 12.1 Å². The highest BCUT2D eigenvalue weighted by Crippen LogP contribution is 2.63. The summed E-state index contributed by atoms with van der Waals surface area (Å²) in [6.45, 7) is 2.26. The average Bonchev–Trinajstić information content (AvgIpc) is 3.01. The van der Waals surface area contributed by atoms with Crippen molar-refractivity contribution >= 4 is 11.8 Å². The van der Waals surface area contributed by atoms with Gasteiger partial charge in [0.15, 0.2) is 5.78 Å². The van der Waals surface area contributed by atoms with Crippen molar-refractivity contribution in [1.29, 1.82) is 0 Å². The molecule has 4 aliphatic carbocycles. The van der Waals surface area contributed by atoms with Crippen LogP contribution in [0.15, 0.2) is 47.1 Å². The topological polar surface area (TPSA) is 74.6 Å². The fourth-order valence-electron chi connectivity index (χ4n) is 6.79. The SMILES string of the molecule is CC12CC(c3ccc(C(=O)O)cc3)C3=C4CCC(=O)C=C4CCC3C1CCC2O. The van der Waals surface area contributed by atoms with Gasteiger partial charge in [-0.3, -0.25) is 4.79 Å². The van der Waals surface area contributed by atoms with E-state index in [4.69, 9.17) is 0 Å². The Morgan fingerprint density at radius 1 is 1.07 bits per heavy atom. The highest BCUT2D eigenvalue weighted by Gasteiger charge is 2.56. The summed E-state index contributed by atoms with van der Waals surface area (Å²) in [5.74, 6) is 0.460. The van der Waals surface area contributed by atoms with Crippen molar-refractivity contribution in [3.8, 4) is 0 Å². The number of fused-ring (bicyclic) bond motifs is 4.